The molecule has 2 bridgehead atoms. The summed E-state index contributed by atoms with van der Waals surface area (Å²) >= 11 is 2.41. The van der Waals surface area contributed by atoms with Crippen LogP contribution in [0.25, 0.3) is 0 Å². The molecule has 0 heterocycles. The van der Waals surface area contributed by atoms with Crippen LogP contribution in [0.5, 0.6) is 0 Å². The van der Waals surface area contributed by atoms with E-state index in [-0.39, 0.29) is 5.41 Å². The van der Waals surface area contributed by atoms with Crippen LogP contribution >= 0.6 is 22.6 Å². The molecule has 0 unspecified atom stereocenters. The predicted molar refractivity (Wildman–Crippen MR) is 45.3 cm³/mol. The number of aliphatic carboxylic acids is 1. The van der Waals surface area contributed by atoms with Crippen molar-refractivity contribution in [2.75, 3.05) is 0 Å². The fourth-order valence-electron chi connectivity index (χ4n) is 2.24. The van der Waals surface area contributed by atoms with Gasteiger partial charge in [0.15, 0.2) is 0 Å². The lowest BCUT2D eigenvalue weighted by Crippen LogP contribution is -2.43. The molecule has 3 fully saturated rings. The fraction of sp³-hybridized carbons (Fsp3) is 0.857. The summed E-state index contributed by atoms with van der Waals surface area (Å²) in [5.41, 5.74) is -0.290. The van der Waals surface area contributed by atoms with Gasteiger partial charge in [0.25, 0.3) is 0 Å². The molecule has 10 heavy (non-hydrogen) atoms. The van der Waals surface area contributed by atoms with Gasteiger partial charge in [-0.05, 0) is 25.7 Å². The number of alkyl halides is 1. The highest BCUT2D eigenvalue weighted by molar-refractivity contribution is 14.1. The minimum atomic E-state index is -0.572. The van der Waals surface area contributed by atoms with Gasteiger partial charge in [0.1, 0.15) is 0 Å². The Hall–Kier alpha value is 0.200. The molecule has 56 valence electrons. The summed E-state index contributed by atoms with van der Waals surface area (Å²) < 4.78 is 0.371. The largest absolute Gasteiger partial charge is 0.481 e. The number of carbonyl (C=O) groups is 1. The van der Waals surface area contributed by atoms with E-state index in [0.29, 0.717) is 3.42 Å². The van der Waals surface area contributed by atoms with E-state index in [2.05, 4.69) is 22.6 Å². The highest BCUT2D eigenvalue weighted by Gasteiger charge is 2.63. The Morgan fingerprint density at radius 1 is 1.40 bits per heavy atom. The third kappa shape index (κ3) is 0.669. The van der Waals surface area contributed by atoms with Crippen LogP contribution in [-0.4, -0.2) is 14.5 Å². The summed E-state index contributed by atoms with van der Waals surface area (Å²) in [5, 5.41) is 8.82. The van der Waals surface area contributed by atoms with Crippen molar-refractivity contribution in [2.45, 2.75) is 29.1 Å². The Labute approximate surface area is 73.1 Å². The normalized spacial score (nSPS) is 50.5. The first-order valence-corrected chi connectivity index (χ1v) is 4.57. The molecule has 3 saturated carbocycles. The maximum absolute atomic E-state index is 10.7. The Balaban J connectivity index is 2.20. The summed E-state index contributed by atoms with van der Waals surface area (Å²) in [6.07, 6.45) is 3.84. The number of halogens is 1. The molecule has 0 atom stereocenters. The van der Waals surface area contributed by atoms with Crippen LogP contribution in [0.4, 0.5) is 0 Å². The van der Waals surface area contributed by atoms with Crippen LogP contribution in [0.2, 0.25) is 0 Å². The highest BCUT2D eigenvalue weighted by atomic mass is 127. The van der Waals surface area contributed by atoms with Gasteiger partial charge in [0, 0.05) is 3.42 Å². The average molecular weight is 252 g/mol. The minimum absolute atomic E-state index is 0.290. The van der Waals surface area contributed by atoms with Gasteiger partial charge in [-0.25, -0.2) is 0 Å². The van der Waals surface area contributed by atoms with Gasteiger partial charge in [-0.1, -0.05) is 22.6 Å². The van der Waals surface area contributed by atoms with E-state index in [4.69, 9.17) is 5.11 Å². The molecule has 0 spiro atoms. The van der Waals surface area contributed by atoms with Crippen molar-refractivity contribution < 1.29 is 9.90 Å². The lowest BCUT2D eigenvalue weighted by Gasteiger charge is -2.40. The molecule has 1 N–H and O–H groups in total. The first kappa shape index (κ1) is 6.88. The Kier molecular flexibility index (Phi) is 1.15. The molecule has 3 heteroatoms. The van der Waals surface area contributed by atoms with Crippen molar-refractivity contribution in [1.29, 1.82) is 0 Å². The van der Waals surface area contributed by atoms with E-state index in [1.165, 1.54) is 0 Å². The number of rotatable bonds is 1. The van der Waals surface area contributed by atoms with Crippen molar-refractivity contribution in [3.63, 3.8) is 0 Å². The summed E-state index contributed by atoms with van der Waals surface area (Å²) in [5.74, 6) is -0.572. The Bertz CT molecular complexity index is 194. The lowest BCUT2D eigenvalue weighted by molar-refractivity contribution is -0.152. The van der Waals surface area contributed by atoms with Crippen molar-refractivity contribution in [1.82, 2.24) is 0 Å². The van der Waals surface area contributed by atoms with Crippen LogP contribution in [0, 0.1) is 5.41 Å². The molecule has 0 radical (unpaired) electrons. The molecule has 3 aliphatic carbocycles. The third-order valence-electron chi connectivity index (χ3n) is 2.82. The minimum Gasteiger partial charge on any atom is -0.481 e. The molecule has 2 nitrogen and oxygen atoms in total. The Morgan fingerprint density at radius 3 is 2.20 bits per heavy atom. The monoisotopic (exact) mass is 252 g/mol. The predicted octanol–water partition coefficient (Wildman–Crippen LogP) is 1.82. The first-order chi connectivity index (χ1) is 4.56. The van der Waals surface area contributed by atoms with E-state index in [1.807, 2.05) is 0 Å². The maximum atomic E-state index is 10.7. The van der Waals surface area contributed by atoms with Gasteiger partial charge in [0.05, 0.1) is 5.41 Å². The number of carboxylic acid groups (broad SMARTS) is 1. The van der Waals surface area contributed by atoms with Crippen LogP contribution in [0.15, 0.2) is 0 Å². The van der Waals surface area contributed by atoms with Crippen LogP contribution < -0.4 is 0 Å². The number of carboxylic acids is 1. The number of hydrogen-bond donors (Lipinski definition) is 1. The topological polar surface area (TPSA) is 37.3 Å². The van der Waals surface area contributed by atoms with Crippen LogP contribution in [0.1, 0.15) is 25.7 Å². The van der Waals surface area contributed by atoms with Crippen molar-refractivity contribution >= 4 is 28.6 Å². The second-order valence-electron chi connectivity index (χ2n) is 3.59. The summed E-state index contributed by atoms with van der Waals surface area (Å²) in [4.78, 5) is 10.7. The molecular formula is C7H9IO2. The van der Waals surface area contributed by atoms with E-state index in [1.54, 1.807) is 0 Å². The number of fused-ring (bicyclic) bond motifs is 1. The van der Waals surface area contributed by atoms with Crippen molar-refractivity contribution in [3.05, 3.63) is 0 Å². The zero-order valence-electron chi connectivity index (χ0n) is 5.56. The summed E-state index contributed by atoms with van der Waals surface area (Å²) in [7, 11) is 0. The smallest absolute Gasteiger partial charge is 0.309 e. The van der Waals surface area contributed by atoms with Gasteiger partial charge < -0.3 is 5.11 Å². The highest BCUT2D eigenvalue weighted by Crippen LogP contribution is 2.65. The first-order valence-electron chi connectivity index (χ1n) is 3.49. The summed E-state index contributed by atoms with van der Waals surface area (Å²) in [6.45, 7) is 0. The van der Waals surface area contributed by atoms with E-state index in [9.17, 15) is 4.79 Å². The van der Waals surface area contributed by atoms with Gasteiger partial charge >= 0.3 is 5.97 Å². The van der Waals surface area contributed by atoms with Crippen LogP contribution in [0.3, 0.4) is 0 Å². The molecule has 3 rings (SSSR count). The van der Waals surface area contributed by atoms with Gasteiger partial charge in [-0.15, -0.1) is 0 Å². The average Bonchev–Trinajstić information content (AvgIpc) is 2.19. The fourth-order valence-corrected chi connectivity index (χ4v) is 3.97. The third-order valence-corrected chi connectivity index (χ3v) is 4.12. The Morgan fingerprint density at radius 2 is 2.00 bits per heavy atom. The molecule has 0 aromatic carbocycles. The zero-order chi connectivity index (χ0) is 7.41. The van der Waals surface area contributed by atoms with Gasteiger partial charge in [-0.2, -0.15) is 0 Å². The molecule has 3 aliphatic rings. The maximum Gasteiger partial charge on any atom is 0.309 e. The molecule has 0 aromatic heterocycles. The quantitative estimate of drug-likeness (QED) is 0.571. The van der Waals surface area contributed by atoms with E-state index >= 15 is 0 Å². The van der Waals surface area contributed by atoms with Crippen molar-refractivity contribution in [2.24, 2.45) is 5.41 Å². The summed E-state index contributed by atoms with van der Waals surface area (Å²) in [6, 6.07) is 0. The molecule has 0 aromatic rings. The van der Waals surface area contributed by atoms with E-state index in [0.717, 1.165) is 25.7 Å². The van der Waals surface area contributed by atoms with Crippen molar-refractivity contribution in [3.8, 4) is 0 Å². The van der Waals surface area contributed by atoms with Gasteiger partial charge in [0.2, 0.25) is 0 Å². The number of hydrogen-bond acceptors (Lipinski definition) is 1. The van der Waals surface area contributed by atoms with Gasteiger partial charge in [-0.3, -0.25) is 4.79 Å². The molecule has 0 saturated heterocycles. The SMILES string of the molecule is O=C(O)C12CCC(I)(C1)C2. The molecule has 0 amide bonds. The zero-order valence-corrected chi connectivity index (χ0v) is 7.72. The standard InChI is InChI=1S/C7H9IO2/c8-7-2-1-6(3-7,4-7)5(9)10/h1-4H2,(H,9,10). The molecule has 0 aliphatic heterocycles. The lowest BCUT2D eigenvalue weighted by atomic mass is 9.70. The van der Waals surface area contributed by atoms with Crippen LogP contribution in [-0.2, 0) is 4.79 Å². The second kappa shape index (κ2) is 1.68. The molecular weight excluding hydrogens is 243 g/mol. The van der Waals surface area contributed by atoms with E-state index < -0.39 is 5.97 Å². The second-order valence-corrected chi connectivity index (χ2v) is 5.88.